The Hall–Kier alpha value is -1.55. The second-order valence-electron chi connectivity index (χ2n) is 3.77. The minimum atomic E-state index is -0.898. The third kappa shape index (κ3) is 1.88. The fourth-order valence-corrected chi connectivity index (χ4v) is 2.10. The number of ether oxygens (including phenoxy) is 1. The highest BCUT2D eigenvalue weighted by Gasteiger charge is 2.26. The van der Waals surface area contributed by atoms with E-state index in [1.165, 1.54) is 0 Å². The average Bonchev–Trinajstić information content (AvgIpc) is 2.29. The Morgan fingerprint density at radius 1 is 1.62 bits per heavy atom. The van der Waals surface area contributed by atoms with Crippen molar-refractivity contribution < 1.29 is 14.6 Å². The van der Waals surface area contributed by atoms with Crippen LogP contribution in [0.25, 0.3) is 0 Å². The molecule has 4 nitrogen and oxygen atoms in total. The van der Waals surface area contributed by atoms with Crippen LogP contribution in [-0.2, 0) is 0 Å². The van der Waals surface area contributed by atoms with Crippen molar-refractivity contribution in [3.63, 3.8) is 0 Å². The highest BCUT2D eigenvalue weighted by Crippen LogP contribution is 2.34. The fourth-order valence-electron chi connectivity index (χ4n) is 2.10. The van der Waals surface area contributed by atoms with Gasteiger partial charge in [-0.15, -0.1) is 0 Å². The van der Waals surface area contributed by atoms with E-state index >= 15 is 0 Å². The average molecular weight is 221 g/mol. The Morgan fingerprint density at radius 2 is 2.44 bits per heavy atom. The van der Waals surface area contributed by atoms with Gasteiger partial charge in [0.15, 0.2) is 0 Å². The van der Waals surface area contributed by atoms with Gasteiger partial charge in [0.2, 0.25) is 0 Å². The predicted molar refractivity (Wildman–Crippen MR) is 59.9 cm³/mol. The largest absolute Gasteiger partial charge is 0.493 e. The maximum absolute atomic E-state index is 11.1. The van der Waals surface area contributed by atoms with Crippen molar-refractivity contribution in [3.8, 4) is 5.75 Å². The van der Waals surface area contributed by atoms with Crippen LogP contribution in [-0.4, -0.2) is 24.2 Å². The molecule has 1 aromatic carbocycles. The van der Waals surface area contributed by atoms with Gasteiger partial charge < -0.3 is 15.2 Å². The number of nitrogens with one attached hydrogen (secondary N) is 1. The lowest BCUT2D eigenvalue weighted by Gasteiger charge is -2.27. The van der Waals surface area contributed by atoms with Crippen molar-refractivity contribution in [1.82, 2.24) is 5.32 Å². The lowest BCUT2D eigenvalue weighted by atomic mass is 9.95. The zero-order valence-corrected chi connectivity index (χ0v) is 9.19. The maximum atomic E-state index is 11.1. The van der Waals surface area contributed by atoms with Crippen LogP contribution in [0.1, 0.15) is 35.3 Å². The molecule has 0 fully saturated rings. The van der Waals surface area contributed by atoms with Crippen molar-refractivity contribution in [3.05, 3.63) is 29.3 Å². The Balaban J connectivity index is 2.46. The number of benzene rings is 1. The molecule has 0 aromatic heterocycles. The third-order valence-corrected chi connectivity index (χ3v) is 2.76. The van der Waals surface area contributed by atoms with E-state index in [-0.39, 0.29) is 6.04 Å². The number of carboxylic acids is 1. The van der Waals surface area contributed by atoms with Crippen LogP contribution in [0, 0.1) is 0 Å². The molecule has 1 unspecified atom stereocenters. The molecule has 1 aliphatic heterocycles. The Kier molecular flexibility index (Phi) is 3.10. The van der Waals surface area contributed by atoms with Crippen molar-refractivity contribution in [2.75, 3.05) is 13.2 Å². The number of fused-ring (bicyclic) bond motifs is 1. The van der Waals surface area contributed by atoms with Crippen molar-refractivity contribution in [2.24, 2.45) is 0 Å². The summed E-state index contributed by atoms with van der Waals surface area (Å²) >= 11 is 0. The number of hydrogen-bond acceptors (Lipinski definition) is 3. The van der Waals surface area contributed by atoms with Crippen LogP contribution in [0.4, 0.5) is 0 Å². The molecule has 1 atom stereocenters. The highest BCUT2D eigenvalue weighted by atomic mass is 16.5. The second kappa shape index (κ2) is 4.53. The van der Waals surface area contributed by atoms with Gasteiger partial charge in [0.25, 0.3) is 0 Å². The van der Waals surface area contributed by atoms with Crippen LogP contribution < -0.4 is 10.1 Å². The van der Waals surface area contributed by atoms with Gasteiger partial charge in [-0.05, 0) is 18.7 Å². The summed E-state index contributed by atoms with van der Waals surface area (Å²) in [7, 11) is 0. The lowest BCUT2D eigenvalue weighted by molar-refractivity contribution is 0.0692. The van der Waals surface area contributed by atoms with Gasteiger partial charge in [-0.25, -0.2) is 4.79 Å². The normalized spacial score (nSPS) is 18.7. The van der Waals surface area contributed by atoms with E-state index in [0.29, 0.717) is 17.9 Å². The quantitative estimate of drug-likeness (QED) is 0.817. The Labute approximate surface area is 94.2 Å². The van der Waals surface area contributed by atoms with Crippen LogP contribution in [0.5, 0.6) is 5.75 Å². The molecule has 1 heterocycles. The molecule has 0 spiro atoms. The highest BCUT2D eigenvalue weighted by molar-refractivity contribution is 5.90. The minimum absolute atomic E-state index is 0.0843. The number of hydrogen-bond donors (Lipinski definition) is 2. The van der Waals surface area contributed by atoms with Crippen molar-refractivity contribution in [2.45, 2.75) is 19.4 Å². The van der Waals surface area contributed by atoms with Crippen LogP contribution in [0.2, 0.25) is 0 Å². The molecule has 0 bridgehead atoms. The van der Waals surface area contributed by atoms with Gasteiger partial charge in [-0.2, -0.15) is 0 Å². The van der Waals surface area contributed by atoms with Gasteiger partial charge in [-0.1, -0.05) is 13.0 Å². The van der Waals surface area contributed by atoms with E-state index in [1.54, 1.807) is 12.1 Å². The second-order valence-corrected chi connectivity index (χ2v) is 3.77. The summed E-state index contributed by atoms with van der Waals surface area (Å²) in [5.41, 5.74) is 1.12. The molecular weight excluding hydrogens is 206 g/mol. The molecule has 0 saturated heterocycles. The van der Waals surface area contributed by atoms with Gasteiger partial charge in [0, 0.05) is 18.0 Å². The summed E-state index contributed by atoms with van der Waals surface area (Å²) < 4.78 is 5.49. The molecule has 2 N–H and O–H groups in total. The van der Waals surface area contributed by atoms with Gasteiger partial charge in [0.05, 0.1) is 12.2 Å². The van der Waals surface area contributed by atoms with Crippen molar-refractivity contribution in [1.29, 1.82) is 0 Å². The van der Waals surface area contributed by atoms with Gasteiger partial charge in [0.1, 0.15) is 5.75 Å². The van der Waals surface area contributed by atoms with Gasteiger partial charge in [-0.3, -0.25) is 0 Å². The zero-order valence-electron chi connectivity index (χ0n) is 9.19. The first kappa shape index (κ1) is 11.0. The van der Waals surface area contributed by atoms with E-state index in [0.717, 1.165) is 18.5 Å². The van der Waals surface area contributed by atoms with Crippen molar-refractivity contribution >= 4 is 5.97 Å². The first-order valence-corrected chi connectivity index (χ1v) is 5.46. The SMILES string of the molecule is CCNC1CCOc2cccc(C(=O)O)c21. The molecule has 0 amide bonds. The summed E-state index contributed by atoms with van der Waals surface area (Å²) in [4.78, 5) is 11.1. The monoisotopic (exact) mass is 221 g/mol. The number of carboxylic acid groups (broad SMARTS) is 1. The molecule has 2 rings (SSSR count). The summed E-state index contributed by atoms with van der Waals surface area (Å²) in [5.74, 6) is -0.206. The molecule has 0 saturated carbocycles. The van der Waals surface area contributed by atoms with E-state index < -0.39 is 5.97 Å². The van der Waals surface area contributed by atoms with Crippen LogP contribution in [0.3, 0.4) is 0 Å². The molecule has 1 aliphatic rings. The summed E-state index contributed by atoms with van der Waals surface area (Å²) in [5, 5.41) is 12.4. The molecular formula is C12H15NO3. The predicted octanol–water partition coefficient (Wildman–Crippen LogP) is 1.82. The molecule has 16 heavy (non-hydrogen) atoms. The number of carbonyl (C=O) groups is 1. The van der Waals surface area contributed by atoms with E-state index in [1.807, 2.05) is 13.0 Å². The van der Waals surface area contributed by atoms with Crippen LogP contribution >= 0.6 is 0 Å². The fraction of sp³-hybridized carbons (Fsp3) is 0.417. The smallest absolute Gasteiger partial charge is 0.336 e. The molecule has 0 radical (unpaired) electrons. The summed E-state index contributed by atoms with van der Waals surface area (Å²) in [6.07, 6.45) is 0.811. The zero-order chi connectivity index (χ0) is 11.5. The topological polar surface area (TPSA) is 58.6 Å². The van der Waals surface area contributed by atoms with E-state index in [4.69, 9.17) is 9.84 Å². The maximum Gasteiger partial charge on any atom is 0.336 e. The molecule has 4 heteroatoms. The van der Waals surface area contributed by atoms with Gasteiger partial charge >= 0.3 is 5.97 Å². The number of rotatable bonds is 3. The Morgan fingerprint density at radius 3 is 3.12 bits per heavy atom. The summed E-state index contributed by atoms with van der Waals surface area (Å²) in [6, 6.07) is 5.25. The lowest BCUT2D eigenvalue weighted by Crippen LogP contribution is -2.28. The number of aromatic carboxylic acids is 1. The van der Waals surface area contributed by atoms with E-state index in [2.05, 4.69) is 5.32 Å². The molecule has 86 valence electrons. The van der Waals surface area contributed by atoms with E-state index in [9.17, 15) is 4.79 Å². The Bertz CT molecular complexity index is 403. The molecule has 1 aromatic rings. The first-order chi connectivity index (χ1) is 7.74. The minimum Gasteiger partial charge on any atom is -0.493 e. The third-order valence-electron chi connectivity index (χ3n) is 2.76. The standard InChI is InChI=1S/C12H15NO3/c1-2-13-9-6-7-16-10-5-3-4-8(11(9)10)12(14)15/h3-5,9,13H,2,6-7H2,1H3,(H,14,15). The summed E-state index contributed by atoms with van der Waals surface area (Å²) in [6.45, 7) is 3.46. The van der Waals surface area contributed by atoms with Crippen LogP contribution in [0.15, 0.2) is 18.2 Å². The molecule has 0 aliphatic carbocycles. The first-order valence-electron chi connectivity index (χ1n) is 5.46.